The van der Waals surface area contributed by atoms with E-state index in [9.17, 15) is 4.79 Å². The summed E-state index contributed by atoms with van der Waals surface area (Å²) in [4.78, 5) is 11.4. The smallest absolute Gasteiger partial charge is 0.337 e. The molecule has 0 radical (unpaired) electrons. The van der Waals surface area contributed by atoms with Gasteiger partial charge in [-0.1, -0.05) is 17.9 Å². The van der Waals surface area contributed by atoms with Crippen LogP contribution in [-0.4, -0.2) is 26.7 Å². The summed E-state index contributed by atoms with van der Waals surface area (Å²) < 4.78 is 4.68. The molecule has 0 heterocycles. The van der Waals surface area contributed by atoms with Crippen molar-refractivity contribution in [1.29, 1.82) is 0 Å². The molecule has 1 aromatic rings. The number of esters is 1. The quantitative estimate of drug-likeness (QED) is 0.489. The summed E-state index contributed by atoms with van der Waals surface area (Å²) in [6.45, 7) is 2.84. The molecule has 0 aromatic heterocycles. The standard InChI is InChI=1S/C14H17NO2/c1-11-7-8-13(14(16)17-3)10-12(11)6-4-5-9-15-2/h7-8,10,15H,5,9H2,1-3H3. The molecule has 3 nitrogen and oxygen atoms in total. The predicted octanol–water partition coefficient (Wildman–Crippen LogP) is 1.74. The summed E-state index contributed by atoms with van der Waals surface area (Å²) in [6.07, 6.45) is 0.790. The fourth-order valence-electron chi connectivity index (χ4n) is 1.35. The van der Waals surface area contributed by atoms with Gasteiger partial charge in [0.05, 0.1) is 12.7 Å². The third-order valence-electron chi connectivity index (χ3n) is 2.38. The van der Waals surface area contributed by atoms with E-state index >= 15 is 0 Å². The number of ether oxygens (including phenoxy) is 1. The Kier molecular flexibility index (Phi) is 5.25. The Bertz CT molecular complexity index is 455. The fraction of sp³-hybridized carbons (Fsp3) is 0.357. The second-order valence-corrected chi connectivity index (χ2v) is 3.68. The molecule has 3 heteroatoms. The van der Waals surface area contributed by atoms with Crippen molar-refractivity contribution in [2.45, 2.75) is 13.3 Å². The van der Waals surface area contributed by atoms with Crippen LogP contribution in [0.25, 0.3) is 0 Å². The van der Waals surface area contributed by atoms with Gasteiger partial charge in [0.1, 0.15) is 0 Å². The minimum atomic E-state index is -0.330. The number of aryl methyl sites for hydroxylation is 1. The van der Waals surface area contributed by atoms with E-state index in [1.165, 1.54) is 7.11 Å². The number of methoxy groups -OCH3 is 1. The van der Waals surface area contributed by atoms with E-state index in [2.05, 4.69) is 21.9 Å². The summed E-state index contributed by atoms with van der Waals surface area (Å²) in [5.74, 6) is 5.80. The van der Waals surface area contributed by atoms with E-state index in [1.807, 2.05) is 20.0 Å². The summed E-state index contributed by atoms with van der Waals surface area (Å²) in [7, 11) is 3.27. The first-order valence-electron chi connectivity index (χ1n) is 5.51. The van der Waals surface area contributed by atoms with Crippen molar-refractivity contribution >= 4 is 5.97 Å². The molecule has 0 unspecified atom stereocenters. The lowest BCUT2D eigenvalue weighted by molar-refractivity contribution is 0.0600. The van der Waals surface area contributed by atoms with Crippen molar-refractivity contribution < 1.29 is 9.53 Å². The van der Waals surface area contributed by atoms with Gasteiger partial charge >= 0.3 is 5.97 Å². The molecule has 90 valence electrons. The van der Waals surface area contributed by atoms with Crippen molar-refractivity contribution in [3.63, 3.8) is 0 Å². The third-order valence-corrected chi connectivity index (χ3v) is 2.38. The molecule has 0 saturated heterocycles. The SMILES string of the molecule is CNCCC#Cc1cc(C(=O)OC)ccc1C. The number of carbonyl (C=O) groups is 1. The van der Waals surface area contributed by atoms with Crippen LogP contribution >= 0.6 is 0 Å². The Balaban J connectivity index is 2.89. The number of carbonyl (C=O) groups excluding carboxylic acids is 1. The van der Waals surface area contributed by atoms with Gasteiger partial charge in [-0.05, 0) is 31.7 Å². The Morgan fingerprint density at radius 3 is 2.88 bits per heavy atom. The van der Waals surface area contributed by atoms with Crippen LogP contribution in [-0.2, 0) is 4.74 Å². The van der Waals surface area contributed by atoms with E-state index in [1.54, 1.807) is 12.1 Å². The Morgan fingerprint density at radius 1 is 1.47 bits per heavy atom. The number of benzene rings is 1. The maximum Gasteiger partial charge on any atom is 0.337 e. The molecule has 0 aliphatic rings. The lowest BCUT2D eigenvalue weighted by Crippen LogP contribution is -2.06. The number of nitrogens with one attached hydrogen (secondary N) is 1. The van der Waals surface area contributed by atoms with E-state index in [0.29, 0.717) is 5.56 Å². The van der Waals surface area contributed by atoms with Gasteiger partial charge in [0.2, 0.25) is 0 Å². The summed E-state index contributed by atoms with van der Waals surface area (Å²) >= 11 is 0. The number of hydrogen-bond donors (Lipinski definition) is 1. The molecule has 0 aliphatic heterocycles. The average molecular weight is 231 g/mol. The van der Waals surface area contributed by atoms with Crippen molar-refractivity contribution in [3.05, 3.63) is 34.9 Å². The Hall–Kier alpha value is -1.79. The largest absolute Gasteiger partial charge is 0.465 e. The topological polar surface area (TPSA) is 38.3 Å². The van der Waals surface area contributed by atoms with E-state index in [-0.39, 0.29) is 5.97 Å². The second-order valence-electron chi connectivity index (χ2n) is 3.68. The third kappa shape index (κ3) is 3.93. The maximum absolute atomic E-state index is 11.4. The summed E-state index contributed by atoms with van der Waals surface area (Å²) in [5, 5.41) is 3.03. The fourth-order valence-corrected chi connectivity index (χ4v) is 1.35. The number of rotatable bonds is 3. The molecule has 0 amide bonds. The first kappa shape index (κ1) is 13.3. The number of hydrogen-bond acceptors (Lipinski definition) is 3. The first-order chi connectivity index (χ1) is 8.19. The van der Waals surface area contributed by atoms with Crippen LogP contribution in [0.2, 0.25) is 0 Å². The van der Waals surface area contributed by atoms with Gasteiger partial charge in [-0.15, -0.1) is 0 Å². The van der Waals surface area contributed by atoms with Gasteiger partial charge in [-0.3, -0.25) is 0 Å². The lowest BCUT2D eigenvalue weighted by atomic mass is 10.1. The second kappa shape index (κ2) is 6.72. The van der Waals surface area contributed by atoms with Gasteiger partial charge in [-0.2, -0.15) is 0 Å². The van der Waals surface area contributed by atoms with Gasteiger partial charge in [-0.25, -0.2) is 4.79 Å². The van der Waals surface area contributed by atoms with Crippen LogP contribution < -0.4 is 5.32 Å². The molecular formula is C14H17NO2. The summed E-state index contributed by atoms with van der Waals surface area (Å²) in [5.41, 5.74) is 2.48. The van der Waals surface area contributed by atoms with Crippen molar-refractivity contribution in [3.8, 4) is 11.8 Å². The minimum Gasteiger partial charge on any atom is -0.465 e. The van der Waals surface area contributed by atoms with Crippen LogP contribution in [0.3, 0.4) is 0 Å². The predicted molar refractivity (Wildman–Crippen MR) is 67.9 cm³/mol. The van der Waals surface area contributed by atoms with Gasteiger partial charge in [0, 0.05) is 18.5 Å². The highest BCUT2D eigenvalue weighted by molar-refractivity contribution is 5.89. The Morgan fingerprint density at radius 2 is 2.24 bits per heavy atom. The van der Waals surface area contributed by atoms with Crippen LogP contribution in [0.4, 0.5) is 0 Å². The Labute approximate surface area is 102 Å². The van der Waals surface area contributed by atoms with Crippen LogP contribution in [0.15, 0.2) is 18.2 Å². The van der Waals surface area contributed by atoms with Crippen molar-refractivity contribution in [2.75, 3.05) is 20.7 Å². The van der Waals surface area contributed by atoms with Crippen LogP contribution in [0.1, 0.15) is 27.9 Å². The summed E-state index contributed by atoms with van der Waals surface area (Å²) in [6, 6.07) is 5.40. The zero-order valence-electron chi connectivity index (χ0n) is 10.5. The minimum absolute atomic E-state index is 0.330. The van der Waals surface area contributed by atoms with Crippen LogP contribution in [0, 0.1) is 18.8 Å². The van der Waals surface area contributed by atoms with E-state index in [4.69, 9.17) is 0 Å². The van der Waals surface area contributed by atoms with E-state index in [0.717, 1.165) is 24.1 Å². The highest BCUT2D eigenvalue weighted by Gasteiger charge is 2.06. The molecule has 0 aliphatic carbocycles. The monoisotopic (exact) mass is 231 g/mol. The molecule has 0 atom stereocenters. The molecule has 1 rings (SSSR count). The lowest BCUT2D eigenvalue weighted by Gasteiger charge is -2.02. The zero-order chi connectivity index (χ0) is 12.7. The van der Waals surface area contributed by atoms with Gasteiger partial charge in [0.15, 0.2) is 0 Å². The van der Waals surface area contributed by atoms with Gasteiger partial charge < -0.3 is 10.1 Å². The van der Waals surface area contributed by atoms with Gasteiger partial charge in [0.25, 0.3) is 0 Å². The first-order valence-corrected chi connectivity index (χ1v) is 5.51. The average Bonchev–Trinajstić information content (AvgIpc) is 2.35. The molecule has 1 aromatic carbocycles. The van der Waals surface area contributed by atoms with Crippen LogP contribution in [0.5, 0.6) is 0 Å². The highest BCUT2D eigenvalue weighted by atomic mass is 16.5. The normalized spacial score (nSPS) is 9.35. The molecule has 17 heavy (non-hydrogen) atoms. The van der Waals surface area contributed by atoms with Crippen molar-refractivity contribution in [1.82, 2.24) is 5.32 Å². The van der Waals surface area contributed by atoms with Crippen molar-refractivity contribution in [2.24, 2.45) is 0 Å². The molecule has 0 fully saturated rings. The van der Waals surface area contributed by atoms with E-state index < -0.39 is 0 Å². The molecule has 1 N–H and O–H groups in total. The highest BCUT2D eigenvalue weighted by Crippen LogP contribution is 2.11. The molecule has 0 spiro atoms. The maximum atomic E-state index is 11.4. The zero-order valence-corrected chi connectivity index (χ0v) is 10.5. The molecular weight excluding hydrogens is 214 g/mol. The molecule has 0 bridgehead atoms. The molecule has 0 saturated carbocycles.